The molecule has 0 N–H and O–H groups in total. The zero-order chi connectivity index (χ0) is 23.8. The summed E-state index contributed by atoms with van der Waals surface area (Å²) in [4.78, 5) is 11.2. The van der Waals surface area contributed by atoms with Crippen molar-refractivity contribution in [2.24, 2.45) is 0 Å². The van der Waals surface area contributed by atoms with Gasteiger partial charge in [-0.15, -0.1) is 0 Å². The summed E-state index contributed by atoms with van der Waals surface area (Å²) in [6, 6.07) is 22.2. The first kappa shape index (κ1) is 23.0. The third-order valence-electron chi connectivity index (χ3n) is 5.05. The van der Waals surface area contributed by atoms with Gasteiger partial charge < -0.3 is 0 Å². The quantitative estimate of drug-likeness (QED) is 0.337. The Balaban J connectivity index is 1.94. The number of fused-ring (bicyclic) bond motifs is 1. The average Bonchev–Trinajstić information content (AvgIpc) is 2.79. The molecule has 0 spiro atoms. The third-order valence-corrected chi connectivity index (χ3v) is 9.49. The number of rotatable bonds is 6. The van der Waals surface area contributed by atoms with Crippen LogP contribution in [-0.4, -0.2) is 22.6 Å². The summed E-state index contributed by atoms with van der Waals surface area (Å²) in [6.07, 6.45) is 0. The number of carbonyl (C=O) groups excluding carboxylic acids is 1. The predicted octanol–water partition coefficient (Wildman–Crippen LogP) is 5.28. The standard InChI is InChI=1S/C24H18ClNO5S2/c1-17(27)18-6-11-22(12-7-18)26(32(28,29)23-14-9-21(25)10-15-23)33(30,31)24-13-8-19-4-2-3-5-20(19)16-24/h2-16H,1H3. The van der Waals surface area contributed by atoms with Crippen LogP contribution in [0.15, 0.2) is 101 Å². The van der Waals surface area contributed by atoms with Gasteiger partial charge >= 0.3 is 0 Å². The van der Waals surface area contributed by atoms with E-state index in [9.17, 15) is 21.6 Å². The van der Waals surface area contributed by atoms with Gasteiger partial charge in [0.25, 0.3) is 20.0 Å². The highest BCUT2D eigenvalue weighted by Gasteiger charge is 2.37. The van der Waals surface area contributed by atoms with Gasteiger partial charge in [-0.1, -0.05) is 41.9 Å². The van der Waals surface area contributed by atoms with Crippen LogP contribution in [0.5, 0.6) is 0 Å². The molecule has 4 aromatic carbocycles. The van der Waals surface area contributed by atoms with Gasteiger partial charge in [0, 0.05) is 10.6 Å². The number of sulfonamides is 2. The van der Waals surface area contributed by atoms with Crippen molar-refractivity contribution < 1.29 is 21.6 Å². The second-order valence-electron chi connectivity index (χ2n) is 7.27. The van der Waals surface area contributed by atoms with Crippen molar-refractivity contribution in [1.82, 2.24) is 0 Å². The molecule has 0 unspecified atom stereocenters. The summed E-state index contributed by atoms with van der Waals surface area (Å²) >= 11 is 5.89. The Labute approximate surface area is 197 Å². The van der Waals surface area contributed by atoms with Gasteiger partial charge in [0.15, 0.2) is 5.78 Å². The minimum Gasteiger partial charge on any atom is -0.295 e. The van der Waals surface area contributed by atoms with Crippen LogP contribution in [0.3, 0.4) is 0 Å². The molecule has 168 valence electrons. The largest absolute Gasteiger partial charge is 0.295 e. The molecule has 0 aromatic heterocycles. The van der Waals surface area contributed by atoms with Crippen molar-refractivity contribution in [2.45, 2.75) is 16.7 Å². The second-order valence-corrected chi connectivity index (χ2v) is 11.5. The van der Waals surface area contributed by atoms with Gasteiger partial charge in [-0.2, -0.15) is 3.71 Å². The van der Waals surface area contributed by atoms with Crippen LogP contribution in [0.2, 0.25) is 5.02 Å². The van der Waals surface area contributed by atoms with Crippen molar-refractivity contribution in [3.63, 3.8) is 0 Å². The molecule has 4 aromatic rings. The van der Waals surface area contributed by atoms with Crippen molar-refractivity contribution >= 4 is 53.9 Å². The van der Waals surface area contributed by atoms with Crippen molar-refractivity contribution in [3.05, 3.63) is 102 Å². The van der Waals surface area contributed by atoms with Crippen LogP contribution in [0.1, 0.15) is 17.3 Å². The molecule has 0 saturated heterocycles. The highest BCUT2D eigenvalue weighted by molar-refractivity contribution is 8.10. The maximum atomic E-state index is 13.7. The highest BCUT2D eigenvalue weighted by atomic mass is 35.5. The lowest BCUT2D eigenvalue weighted by Crippen LogP contribution is -2.37. The fourth-order valence-corrected chi connectivity index (χ4v) is 7.20. The van der Waals surface area contributed by atoms with E-state index >= 15 is 0 Å². The zero-order valence-electron chi connectivity index (χ0n) is 17.3. The van der Waals surface area contributed by atoms with Crippen molar-refractivity contribution in [1.29, 1.82) is 0 Å². The Morgan fingerprint density at radius 2 is 1.24 bits per heavy atom. The monoisotopic (exact) mass is 499 g/mol. The normalized spacial score (nSPS) is 11.9. The maximum Gasteiger partial charge on any atom is 0.277 e. The van der Waals surface area contributed by atoms with Crippen LogP contribution in [0, 0.1) is 0 Å². The lowest BCUT2D eigenvalue weighted by Gasteiger charge is -2.24. The molecule has 0 amide bonds. The summed E-state index contributed by atoms with van der Waals surface area (Å²) < 4.78 is 55.0. The summed E-state index contributed by atoms with van der Waals surface area (Å²) in [5.41, 5.74) is 0.203. The van der Waals surface area contributed by atoms with Crippen LogP contribution in [-0.2, 0) is 20.0 Å². The Morgan fingerprint density at radius 3 is 1.85 bits per heavy atom. The molecule has 0 bridgehead atoms. The lowest BCUT2D eigenvalue weighted by molar-refractivity contribution is 0.101. The van der Waals surface area contributed by atoms with Gasteiger partial charge in [0.1, 0.15) is 0 Å². The van der Waals surface area contributed by atoms with E-state index in [0.29, 0.717) is 19.7 Å². The minimum absolute atomic E-state index is 0.122. The van der Waals surface area contributed by atoms with Gasteiger partial charge in [-0.25, -0.2) is 16.8 Å². The van der Waals surface area contributed by atoms with Crippen LogP contribution >= 0.6 is 11.6 Å². The first-order chi connectivity index (χ1) is 15.6. The minimum atomic E-state index is -4.57. The SMILES string of the molecule is CC(=O)c1ccc(N(S(=O)(=O)c2ccc(Cl)cc2)S(=O)(=O)c2ccc3ccccc3c2)cc1. The number of hydrogen-bond donors (Lipinski definition) is 0. The average molecular weight is 500 g/mol. The van der Waals surface area contributed by atoms with E-state index in [4.69, 9.17) is 11.6 Å². The molecule has 9 heteroatoms. The van der Waals surface area contributed by atoms with Crippen LogP contribution in [0.4, 0.5) is 5.69 Å². The predicted molar refractivity (Wildman–Crippen MR) is 129 cm³/mol. The molecule has 0 aliphatic rings. The Kier molecular flexibility index (Phi) is 6.00. The molecular weight excluding hydrogens is 482 g/mol. The number of anilines is 1. The molecule has 0 aliphatic carbocycles. The molecule has 6 nitrogen and oxygen atoms in total. The zero-order valence-corrected chi connectivity index (χ0v) is 19.7. The Bertz CT molecular complexity index is 1560. The van der Waals surface area contributed by atoms with E-state index in [0.717, 1.165) is 5.39 Å². The summed E-state index contributed by atoms with van der Waals surface area (Å²) in [5.74, 6) is -0.231. The first-order valence-electron chi connectivity index (χ1n) is 9.76. The number of ketones is 1. The number of halogens is 1. The smallest absolute Gasteiger partial charge is 0.277 e. The first-order valence-corrected chi connectivity index (χ1v) is 13.0. The van der Waals surface area contributed by atoms with Gasteiger partial charge in [-0.3, -0.25) is 4.79 Å². The number of benzene rings is 4. The number of nitrogens with zero attached hydrogens (tertiary/aromatic N) is 1. The molecule has 0 aliphatic heterocycles. The van der Waals surface area contributed by atoms with E-state index in [2.05, 4.69) is 0 Å². The molecule has 4 rings (SSSR count). The van der Waals surface area contributed by atoms with Crippen LogP contribution in [0.25, 0.3) is 10.8 Å². The number of carbonyl (C=O) groups is 1. The van der Waals surface area contributed by atoms with Gasteiger partial charge in [0.2, 0.25) is 0 Å². The van der Waals surface area contributed by atoms with E-state index in [1.54, 1.807) is 18.2 Å². The van der Waals surface area contributed by atoms with E-state index in [1.165, 1.54) is 67.6 Å². The fourth-order valence-electron chi connectivity index (χ4n) is 3.35. The molecule has 0 radical (unpaired) electrons. The Morgan fingerprint density at radius 1 is 0.697 bits per heavy atom. The summed E-state index contributed by atoms with van der Waals surface area (Å²) in [6.45, 7) is 1.36. The van der Waals surface area contributed by atoms with Crippen molar-refractivity contribution in [2.75, 3.05) is 3.71 Å². The van der Waals surface area contributed by atoms with Gasteiger partial charge in [-0.05, 0) is 78.4 Å². The van der Waals surface area contributed by atoms with E-state index in [1.807, 2.05) is 12.1 Å². The molecule has 0 saturated carbocycles. The molecule has 0 atom stereocenters. The molecule has 0 heterocycles. The number of Topliss-reactive ketones (excluding diaryl/α,β-unsaturated/α-hetero) is 1. The lowest BCUT2D eigenvalue weighted by atomic mass is 10.1. The topological polar surface area (TPSA) is 88.6 Å². The molecule has 33 heavy (non-hydrogen) atoms. The van der Waals surface area contributed by atoms with Gasteiger partial charge in [0.05, 0.1) is 15.5 Å². The van der Waals surface area contributed by atoms with E-state index < -0.39 is 20.0 Å². The molecule has 0 fully saturated rings. The second kappa shape index (κ2) is 8.62. The van der Waals surface area contributed by atoms with E-state index in [-0.39, 0.29) is 21.3 Å². The maximum absolute atomic E-state index is 13.7. The van der Waals surface area contributed by atoms with Crippen molar-refractivity contribution in [3.8, 4) is 0 Å². The third kappa shape index (κ3) is 4.37. The molecular formula is C24H18ClNO5S2. The Hall–Kier alpha value is -3.20. The fraction of sp³-hybridized carbons (Fsp3) is 0.0417. The summed E-state index contributed by atoms with van der Waals surface area (Å²) in [7, 11) is -9.13. The number of hydrogen-bond acceptors (Lipinski definition) is 5. The van der Waals surface area contributed by atoms with Crippen LogP contribution < -0.4 is 3.71 Å². The highest BCUT2D eigenvalue weighted by Crippen LogP contribution is 2.32. The summed E-state index contributed by atoms with van der Waals surface area (Å²) in [5, 5.41) is 1.77.